The zero-order chi connectivity index (χ0) is 10.7. The van der Waals surface area contributed by atoms with Crippen molar-refractivity contribution < 1.29 is 10.2 Å². The van der Waals surface area contributed by atoms with Crippen LogP contribution in [0.4, 0.5) is 0 Å². The first-order valence-electron chi connectivity index (χ1n) is 5.37. The predicted octanol–water partition coefficient (Wildman–Crippen LogP) is 0.963. The molecule has 1 aromatic rings. The minimum atomic E-state index is -1.44. The van der Waals surface area contributed by atoms with E-state index in [0.717, 1.165) is 19.6 Å². The topological polar surface area (TPSA) is 43.7 Å². The van der Waals surface area contributed by atoms with Gasteiger partial charge >= 0.3 is 0 Å². The SMILES string of the molecule is OC1(O)CCN(Cc2ccccc2)CC1. The molecule has 0 aliphatic carbocycles. The van der Waals surface area contributed by atoms with Crippen LogP contribution in [0, 0.1) is 0 Å². The highest BCUT2D eigenvalue weighted by Gasteiger charge is 2.29. The van der Waals surface area contributed by atoms with Gasteiger partial charge in [-0.3, -0.25) is 4.90 Å². The number of hydrogen-bond acceptors (Lipinski definition) is 3. The number of nitrogens with zero attached hydrogens (tertiary/aromatic N) is 1. The van der Waals surface area contributed by atoms with Crippen molar-refractivity contribution in [2.75, 3.05) is 13.1 Å². The van der Waals surface area contributed by atoms with Gasteiger partial charge in [0.25, 0.3) is 0 Å². The van der Waals surface area contributed by atoms with Crippen LogP contribution in [0.15, 0.2) is 30.3 Å². The molecule has 82 valence electrons. The van der Waals surface area contributed by atoms with Gasteiger partial charge in [-0.1, -0.05) is 30.3 Å². The molecular weight excluding hydrogens is 190 g/mol. The maximum absolute atomic E-state index is 9.39. The Hall–Kier alpha value is -0.900. The summed E-state index contributed by atoms with van der Waals surface area (Å²) in [5, 5.41) is 18.8. The lowest BCUT2D eigenvalue weighted by Gasteiger charge is -2.34. The number of likely N-dealkylation sites (tertiary alicyclic amines) is 1. The second kappa shape index (κ2) is 4.31. The van der Waals surface area contributed by atoms with Crippen LogP contribution >= 0.6 is 0 Å². The Balaban J connectivity index is 1.88. The van der Waals surface area contributed by atoms with Gasteiger partial charge < -0.3 is 10.2 Å². The largest absolute Gasteiger partial charge is 0.366 e. The molecule has 0 amide bonds. The quantitative estimate of drug-likeness (QED) is 0.710. The van der Waals surface area contributed by atoms with Gasteiger partial charge in [0, 0.05) is 32.5 Å². The van der Waals surface area contributed by atoms with Crippen molar-refractivity contribution in [1.29, 1.82) is 0 Å². The maximum Gasteiger partial charge on any atom is 0.164 e. The first kappa shape index (κ1) is 10.6. The Morgan fingerprint density at radius 3 is 2.27 bits per heavy atom. The average Bonchev–Trinajstić information content (AvgIpc) is 2.23. The van der Waals surface area contributed by atoms with Crippen molar-refractivity contribution in [3.05, 3.63) is 35.9 Å². The smallest absolute Gasteiger partial charge is 0.164 e. The van der Waals surface area contributed by atoms with E-state index in [1.165, 1.54) is 5.56 Å². The standard InChI is InChI=1S/C12H17NO2/c14-12(15)6-8-13(9-7-12)10-11-4-2-1-3-5-11/h1-5,14-15H,6-10H2. The van der Waals surface area contributed by atoms with Crippen molar-refractivity contribution in [3.8, 4) is 0 Å². The number of aliphatic hydroxyl groups is 2. The monoisotopic (exact) mass is 207 g/mol. The van der Waals surface area contributed by atoms with E-state index >= 15 is 0 Å². The van der Waals surface area contributed by atoms with Crippen molar-refractivity contribution in [2.24, 2.45) is 0 Å². The van der Waals surface area contributed by atoms with E-state index in [1.54, 1.807) is 0 Å². The van der Waals surface area contributed by atoms with Crippen LogP contribution in [-0.2, 0) is 6.54 Å². The molecule has 0 radical (unpaired) electrons. The summed E-state index contributed by atoms with van der Waals surface area (Å²) in [5.74, 6) is -1.44. The predicted molar refractivity (Wildman–Crippen MR) is 58.1 cm³/mol. The van der Waals surface area contributed by atoms with E-state index in [0.29, 0.717) is 12.8 Å². The van der Waals surface area contributed by atoms with Crippen LogP contribution in [0.1, 0.15) is 18.4 Å². The minimum absolute atomic E-state index is 0.444. The van der Waals surface area contributed by atoms with E-state index in [9.17, 15) is 10.2 Å². The molecule has 0 unspecified atom stereocenters. The van der Waals surface area contributed by atoms with Crippen LogP contribution in [-0.4, -0.2) is 34.0 Å². The normalized spacial score (nSPS) is 21.5. The number of rotatable bonds is 2. The summed E-state index contributed by atoms with van der Waals surface area (Å²) >= 11 is 0. The van der Waals surface area contributed by atoms with Gasteiger partial charge in [-0.05, 0) is 5.56 Å². The van der Waals surface area contributed by atoms with Gasteiger partial charge in [0.2, 0.25) is 0 Å². The van der Waals surface area contributed by atoms with Gasteiger partial charge in [0.15, 0.2) is 5.79 Å². The fraction of sp³-hybridized carbons (Fsp3) is 0.500. The lowest BCUT2D eigenvalue weighted by Crippen LogP contribution is -2.43. The Morgan fingerprint density at radius 1 is 1.07 bits per heavy atom. The minimum Gasteiger partial charge on any atom is -0.366 e. The summed E-state index contributed by atoms with van der Waals surface area (Å²) in [6, 6.07) is 10.3. The van der Waals surface area contributed by atoms with Gasteiger partial charge in [-0.25, -0.2) is 0 Å². The van der Waals surface area contributed by atoms with Crippen LogP contribution in [0.2, 0.25) is 0 Å². The van der Waals surface area contributed by atoms with E-state index < -0.39 is 5.79 Å². The van der Waals surface area contributed by atoms with Crippen molar-refractivity contribution in [1.82, 2.24) is 4.90 Å². The molecule has 1 aliphatic rings. The number of hydrogen-bond donors (Lipinski definition) is 2. The fourth-order valence-corrected chi connectivity index (χ4v) is 1.91. The third-order valence-electron chi connectivity index (χ3n) is 2.91. The zero-order valence-corrected chi connectivity index (χ0v) is 8.76. The summed E-state index contributed by atoms with van der Waals surface area (Å²) < 4.78 is 0. The Bertz CT molecular complexity index is 301. The van der Waals surface area contributed by atoms with Crippen LogP contribution in [0.5, 0.6) is 0 Å². The van der Waals surface area contributed by atoms with Gasteiger partial charge in [-0.2, -0.15) is 0 Å². The maximum atomic E-state index is 9.39. The number of benzene rings is 1. The summed E-state index contributed by atoms with van der Waals surface area (Å²) in [6.07, 6.45) is 0.889. The molecule has 1 aliphatic heterocycles. The molecule has 15 heavy (non-hydrogen) atoms. The lowest BCUT2D eigenvalue weighted by molar-refractivity contribution is -0.189. The average molecular weight is 207 g/mol. The third-order valence-corrected chi connectivity index (χ3v) is 2.91. The molecule has 0 atom stereocenters. The number of piperidine rings is 1. The molecule has 0 bridgehead atoms. The molecule has 3 nitrogen and oxygen atoms in total. The molecule has 2 rings (SSSR count). The van der Waals surface area contributed by atoms with Crippen molar-refractivity contribution in [3.63, 3.8) is 0 Å². The Labute approximate surface area is 90.0 Å². The summed E-state index contributed by atoms with van der Waals surface area (Å²) in [7, 11) is 0. The van der Waals surface area contributed by atoms with Crippen molar-refractivity contribution >= 4 is 0 Å². The first-order chi connectivity index (χ1) is 7.16. The van der Waals surface area contributed by atoms with E-state index in [-0.39, 0.29) is 0 Å². The van der Waals surface area contributed by atoms with E-state index in [1.807, 2.05) is 18.2 Å². The second-order valence-corrected chi connectivity index (χ2v) is 4.24. The molecular formula is C12H17NO2. The molecule has 0 saturated carbocycles. The molecule has 1 aromatic carbocycles. The van der Waals surface area contributed by atoms with Gasteiger partial charge in [0.1, 0.15) is 0 Å². The lowest BCUT2D eigenvalue weighted by atomic mass is 10.0. The molecule has 2 N–H and O–H groups in total. The van der Waals surface area contributed by atoms with Crippen LogP contribution < -0.4 is 0 Å². The fourth-order valence-electron chi connectivity index (χ4n) is 1.91. The molecule has 1 fully saturated rings. The van der Waals surface area contributed by atoms with Crippen molar-refractivity contribution in [2.45, 2.75) is 25.2 Å². The molecule has 3 heteroatoms. The highest BCUT2D eigenvalue weighted by Crippen LogP contribution is 2.20. The Kier molecular flexibility index (Phi) is 3.05. The summed E-state index contributed by atoms with van der Waals surface area (Å²) in [6.45, 7) is 2.40. The van der Waals surface area contributed by atoms with Gasteiger partial charge in [0.05, 0.1) is 0 Å². The highest BCUT2D eigenvalue weighted by molar-refractivity contribution is 5.14. The Morgan fingerprint density at radius 2 is 1.67 bits per heavy atom. The van der Waals surface area contributed by atoms with E-state index in [4.69, 9.17) is 0 Å². The van der Waals surface area contributed by atoms with Crippen LogP contribution in [0.25, 0.3) is 0 Å². The second-order valence-electron chi connectivity index (χ2n) is 4.24. The summed E-state index contributed by atoms with van der Waals surface area (Å²) in [4.78, 5) is 2.25. The molecule has 1 heterocycles. The zero-order valence-electron chi connectivity index (χ0n) is 8.76. The van der Waals surface area contributed by atoms with E-state index in [2.05, 4.69) is 17.0 Å². The van der Waals surface area contributed by atoms with Gasteiger partial charge in [-0.15, -0.1) is 0 Å². The summed E-state index contributed by atoms with van der Waals surface area (Å²) in [5.41, 5.74) is 1.28. The molecule has 0 spiro atoms. The molecule has 0 aromatic heterocycles. The molecule has 1 saturated heterocycles. The van der Waals surface area contributed by atoms with Crippen LogP contribution in [0.3, 0.4) is 0 Å². The highest BCUT2D eigenvalue weighted by atomic mass is 16.5. The third kappa shape index (κ3) is 3.02. The first-order valence-corrected chi connectivity index (χ1v) is 5.37.